The fraction of sp³-hybridized carbons (Fsp3) is 0.300. The Hall–Kier alpha value is -1.21. The van der Waals surface area contributed by atoms with Gasteiger partial charge in [-0.15, -0.1) is 0 Å². The van der Waals surface area contributed by atoms with Crippen LogP contribution >= 0.6 is 15.9 Å². The topological polar surface area (TPSA) is 42.2 Å². The van der Waals surface area contributed by atoms with Crippen molar-refractivity contribution < 1.29 is 9.47 Å². The number of nitrogens with zero attached hydrogens (tertiary/aromatic N) is 1. The lowest BCUT2D eigenvalue weighted by molar-refractivity contribution is 0.173. The highest BCUT2D eigenvalue weighted by atomic mass is 79.9. The van der Waals surface area contributed by atoms with E-state index in [1.54, 1.807) is 0 Å². The van der Waals surface area contributed by atoms with E-state index >= 15 is 0 Å². The van der Waals surface area contributed by atoms with Gasteiger partial charge in [0.1, 0.15) is 0 Å². The molecule has 0 saturated carbocycles. The van der Waals surface area contributed by atoms with E-state index in [4.69, 9.17) is 14.7 Å². The van der Waals surface area contributed by atoms with Crippen LogP contribution in [-0.4, -0.2) is 6.79 Å². The van der Waals surface area contributed by atoms with Crippen molar-refractivity contribution >= 4 is 15.9 Å². The first kappa shape index (κ1) is 9.35. The quantitative estimate of drug-likeness (QED) is 0.773. The molecule has 0 aromatic heterocycles. The van der Waals surface area contributed by atoms with E-state index in [0.717, 1.165) is 21.3 Å². The Bertz CT molecular complexity index is 423. The van der Waals surface area contributed by atoms with Crippen LogP contribution < -0.4 is 9.47 Å². The van der Waals surface area contributed by atoms with Gasteiger partial charge >= 0.3 is 0 Å². The molecular formula is C10H8BrNO2. The van der Waals surface area contributed by atoms with Crippen molar-refractivity contribution in [3.05, 3.63) is 21.7 Å². The van der Waals surface area contributed by atoms with E-state index in [1.165, 1.54) is 0 Å². The summed E-state index contributed by atoms with van der Waals surface area (Å²) in [6.45, 7) is 2.21. The Kier molecular flexibility index (Phi) is 2.34. The van der Waals surface area contributed by atoms with Crippen molar-refractivity contribution in [1.82, 2.24) is 0 Å². The first-order chi connectivity index (χ1) is 6.74. The van der Waals surface area contributed by atoms with E-state index in [-0.39, 0.29) is 6.79 Å². The SMILES string of the molecule is Cc1cc2c(c(Br)c1CC#N)OCO2. The van der Waals surface area contributed by atoms with Gasteiger partial charge < -0.3 is 9.47 Å². The summed E-state index contributed by atoms with van der Waals surface area (Å²) in [5.74, 6) is 1.46. The first-order valence-corrected chi connectivity index (χ1v) is 4.98. The van der Waals surface area contributed by atoms with Crippen LogP contribution in [0.1, 0.15) is 11.1 Å². The Morgan fingerprint density at radius 3 is 3.07 bits per heavy atom. The summed E-state index contributed by atoms with van der Waals surface area (Å²) in [5, 5.41) is 8.67. The van der Waals surface area contributed by atoms with Gasteiger partial charge in [-0.1, -0.05) is 0 Å². The Labute approximate surface area is 90.4 Å². The average molecular weight is 254 g/mol. The number of aryl methyl sites for hydroxylation is 1. The summed E-state index contributed by atoms with van der Waals surface area (Å²) in [6.07, 6.45) is 0.378. The fourth-order valence-corrected chi connectivity index (χ4v) is 2.22. The number of nitriles is 1. The lowest BCUT2D eigenvalue weighted by Crippen LogP contribution is -1.93. The second-order valence-corrected chi connectivity index (χ2v) is 3.85. The predicted molar refractivity (Wildman–Crippen MR) is 54.3 cm³/mol. The molecule has 14 heavy (non-hydrogen) atoms. The van der Waals surface area contributed by atoms with Gasteiger partial charge in [-0.25, -0.2) is 0 Å². The fourth-order valence-electron chi connectivity index (χ4n) is 1.46. The van der Waals surface area contributed by atoms with Gasteiger partial charge in [0, 0.05) is 0 Å². The Morgan fingerprint density at radius 2 is 2.36 bits per heavy atom. The van der Waals surface area contributed by atoms with Crippen LogP contribution in [0.2, 0.25) is 0 Å². The third-order valence-corrected chi connectivity index (χ3v) is 3.02. The third-order valence-electron chi connectivity index (χ3n) is 2.19. The van der Waals surface area contributed by atoms with Crippen molar-refractivity contribution in [3.8, 4) is 17.6 Å². The zero-order valence-corrected chi connectivity index (χ0v) is 9.22. The van der Waals surface area contributed by atoms with Crippen LogP contribution in [0, 0.1) is 18.3 Å². The lowest BCUT2D eigenvalue weighted by Gasteiger charge is -2.07. The van der Waals surface area contributed by atoms with Crippen LogP contribution in [0.5, 0.6) is 11.5 Å². The molecule has 1 aliphatic heterocycles. The maximum atomic E-state index is 8.67. The van der Waals surface area contributed by atoms with Crippen LogP contribution in [0.3, 0.4) is 0 Å². The van der Waals surface area contributed by atoms with Gasteiger partial charge in [-0.05, 0) is 40.0 Å². The second-order valence-electron chi connectivity index (χ2n) is 3.05. The van der Waals surface area contributed by atoms with Crippen LogP contribution in [0.4, 0.5) is 0 Å². The van der Waals surface area contributed by atoms with Gasteiger partial charge in [0.2, 0.25) is 6.79 Å². The summed E-state index contributed by atoms with van der Waals surface area (Å²) in [6, 6.07) is 4.03. The Balaban J connectivity index is 2.58. The molecule has 1 aliphatic rings. The third kappa shape index (κ3) is 1.34. The molecule has 4 heteroatoms. The molecule has 2 rings (SSSR count). The number of fused-ring (bicyclic) bond motifs is 1. The first-order valence-electron chi connectivity index (χ1n) is 4.18. The maximum absolute atomic E-state index is 8.67. The zero-order chi connectivity index (χ0) is 10.1. The number of hydrogen-bond donors (Lipinski definition) is 0. The summed E-state index contributed by atoms with van der Waals surface area (Å²) in [5.41, 5.74) is 2.01. The highest BCUT2D eigenvalue weighted by molar-refractivity contribution is 9.10. The molecule has 3 nitrogen and oxygen atoms in total. The molecule has 0 N–H and O–H groups in total. The summed E-state index contributed by atoms with van der Waals surface area (Å²) < 4.78 is 11.4. The van der Waals surface area contributed by atoms with Crippen molar-refractivity contribution in [2.75, 3.05) is 6.79 Å². The summed E-state index contributed by atoms with van der Waals surface area (Å²) in [7, 11) is 0. The zero-order valence-electron chi connectivity index (χ0n) is 7.63. The highest BCUT2D eigenvalue weighted by Crippen LogP contribution is 2.42. The molecule has 0 amide bonds. The minimum absolute atomic E-state index is 0.253. The number of ether oxygens (including phenoxy) is 2. The minimum atomic E-state index is 0.253. The smallest absolute Gasteiger partial charge is 0.231 e. The number of rotatable bonds is 1. The molecule has 0 fully saturated rings. The Morgan fingerprint density at radius 1 is 1.57 bits per heavy atom. The highest BCUT2D eigenvalue weighted by Gasteiger charge is 2.20. The van der Waals surface area contributed by atoms with Gasteiger partial charge in [0.25, 0.3) is 0 Å². The van der Waals surface area contributed by atoms with Crippen molar-refractivity contribution in [2.45, 2.75) is 13.3 Å². The molecule has 0 radical (unpaired) electrons. The molecule has 0 spiro atoms. The normalized spacial score (nSPS) is 12.6. The molecule has 1 heterocycles. The second kappa shape index (κ2) is 3.50. The molecule has 0 atom stereocenters. The largest absolute Gasteiger partial charge is 0.454 e. The maximum Gasteiger partial charge on any atom is 0.231 e. The minimum Gasteiger partial charge on any atom is -0.454 e. The molecule has 0 bridgehead atoms. The lowest BCUT2D eigenvalue weighted by atomic mass is 10.1. The van der Waals surface area contributed by atoms with E-state index < -0.39 is 0 Å². The van der Waals surface area contributed by atoms with Crippen LogP contribution in [0.25, 0.3) is 0 Å². The number of benzene rings is 1. The van der Waals surface area contributed by atoms with E-state index in [2.05, 4.69) is 22.0 Å². The van der Waals surface area contributed by atoms with Crippen molar-refractivity contribution in [1.29, 1.82) is 5.26 Å². The van der Waals surface area contributed by atoms with Crippen LogP contribution in [-0.2, 0) is 6.42 Å². The molecule has 1 aromatic rings. The molecule has 72 valence electrons. The predicted octanol–water partition coefficient (Wildman–Crippen LogP) is 2.55. The summed E-state index contributed by atoms with van der Waals surface area (Å²) in [4.78, 5) is 0. The molecule has 1 aromatic carbocycles. The van der Waals surface area contributed by atoms with Crippen LogP contribution in [0.15, 0.2) is 10.5 Å². The van der Waals surface area contributed by atoms with E-state index in [9.17, 15) is 0 Å². The molecule has 0 saturated heterocycles. The molecular weight excluding hydrogens is 246 g/mol. The van der Waals surface area contributed by atoms with Gasteiger partial charge in [-0.2, -0.15) is 5.26 Å². The monoisotopic (exact) mass is 253 g/mol. The average Bonchev–Trinajstić information content (AvgIpc) is 2.60. The summed E-state index contributed by atoms with van der Waals surface area (Å²) >= 11 is 3.43. The van der Waals surface area contributed by atoms with E-state index in [0.29, 0.717) is 12.2 Å². The van der Waals surface area contributed by atoms with Gasteiger partial charge in [-0.3, -0.25) is 0 Å². The molecule has 0 unspecified atom stereocenters. The number of halogens is 1. The standard InChI is InChI=1S/C10H8BrNO2/c1-6-4-8-10(14-5-13-8)9(11)7(6)2-3-12/h4H,2,5H2,1H3. The van der Waals surface area contributed by atoms with Gasteiger partial charge in [0.15, 0.2) is 11.5 Å². The van der Waals surface area contributed by atoms with Crippen molar-refractivity contribution in [2.24, 2.45) is 0 Å². The van der Waals surface area contributed by atoms with Crippen molar-refractivity contribution in [3.63, 3.8) is 0 Å². The van der Waals surface area contributed by atoms with E-state index in [1.807, 2.05) is 13.0 Å². The van der Waals surface area contributed by atoms with Gasteiger partial charge in [0.05, 0.1) is 17.0 Å². The number of hydrogen-bond acceptors (Lipinski definition) is 3. The molecule has 0 aliphatic carbocycles.